The average Bonchev–Trinajstić information content (AvgIpc) is 3.09. The van der Waals surface area contributed by atoms with E-state index in [2.05, 4.69) is 10.5 Å². The average molecular weight is 366 g/mol. The van der Waals surface area contributed by atoms with E-state index >= 15 is 0 Å². The van der Waals surface area contributed by atoms with Crippen molar-refractivity contribution in [2.75, 3.05) is 14.2 Å². The summed E-state index contributed by atoms with van der Waals surface area (Å²) in [6.45, 7) is 3.62. The van der Waals surface area contributed by atoms with E-state index in [1.54, 1.807) is 21.1 Å². The Hall–Kier alpha value is -3.28. The Morgan fingerprint density at radius 3 is 2.52 bits per heavy atom. The molecule has 0 fully saturated rings. The van der Waals surface area contributed by atoms with Crippen molar-refractivity contribution in [2.45, 2.75) is 19.9 Å². The predicted octanol–water partition coefficient (Wildman–Crippen LogP) is 4.16. The lowest BCUT2D eigenvalue weighted by Gasteiger charge is -2.18. The van der Waals surface area contributed by atoms with Gasteiger partial charge in [0.25, 0.3) is 5.91 Å². The minimum Gasteiger partial charge on any atom is -0.497 e. The standard InChI is InChI=1S/C21H22N2O4/c1-13(17-12-16(25-3)10-11-18(17)26-4)22-21(24)19-14(2)27-23-20(19)15-8-6-5-7-9-15/h5-13H,1-4H3,(H,22,24). The van der Waals surface area contributed by atoms with Gasteiger partial charge in [-0.15, -0.1) is 0 Å². The van der Waals surface area contributed by atoms with Gasteiger partial charge in [-0.3, -0.25) is 4.79 Å². The smallest absolute Gasteiger partial charge is 0.257 e. The molecule has 0 saturated heterocycles. The molecule has 6 nitrogen and oxygen atoms in total. The van der Waals surface area contributed by atoms with Gasteiger partial charge in [0.1, 0.15) is 28.5 Å². The third-order valence-electron chi connectivity index (χ3n) is 4.39. The number of hydrogen-bond acceptors (Lipinski definition) is 5. The third kappa shape index (κ3) is 3.79. The molecule has 0 aliphatic heterocycles. The molecule has 1 N–H and O–H groups in total. The van der Waals surface area contributed by atoms with Crippen LogP contribution in [0.5, 0.6) is 11.5 Å². The Kier molecular flexibility index (Phi) is 5.45. The quantitative estimate of drug-likeness (QED) is 0.709. The van der Waals surface area contributed by atoms with Crippen LogP contribution >= 0.6 is 0 Å². The summed E-state index contributed by atoms with van der Waals surface area (Å²) < 4.78 is 16.0. The number of methoxy groups -OCH3 is 2. The molecule has 1 aromatic heterocycles. The van der Waals surface area contributed by atoms with Gasteiger partial charge in [-0.1, -0.05) is 35.5 Å². The fraction of sp³-hybridized carbons (Fsp3) is 0.238. The van der Waals surface area contributed by atoms with Crippen LogP contribution in [-0.4, -0.2) is 25.3 Å². The van der Waals surface area contributed by atoms with Crippen molar-refractivity contribution in [1.29, 1.82) is 0 Å². The number of ether oxygens (including phenoxy) is 2. The molecule has 1 unspecified atom stereocenters. The van der Waals surface area contributed by atoms with Crippen molar-refractivity contribution in [2.24, 2.45) is 0 Å². The van der Waals surface area contributed by atoms with Crippen molar-refractivity contribution < 1.29 is 18.8 Å². The van der Waals surface area contributed by atoms with Gasteiger partial charge in [0.15, 0.2) is 0 Å². The summed E-state index contributed by atoms with van der Waals surface area (Å²) in [6.07, 6.45) is 0. The highest BCUT2D eigenvalue weighted by Crippen LogP contribution is 2.30. The highest BCUT2D eigenvalue weighted by Gasteiger charge is 2.24. The summed E-state index contributed by atoms with van der Waals surface area (Å²) in [7, 11) is 3.19. The predicted molar refractivity (Wildman–Crippen MR) is 102 cm³/mol. The Labute approximate surface area is 158 Å². The van der Waals surface area contributed by atoms with Gasteiger partial charge in [-0.05, 0) is 32.0 Å². The van der Waals surface area contributed by atoms with Gasteiger partial charge in [0.2, 0.25) is 0 Å². The van der Waals surface area contributed by atoms with E-state index in [1.165, 1.54) is 0 Å². The molecule has 0 aliphatic rings. The molecule has 1 heterocycles. The van der Waals surface area contributed by atoms with Crippen LogP contribution in [0.4, 0.5) is 0 Å². The fourth-order valence-electron chi connectivity index (χ4n) is 2.96. The van der Waals surface area contributed by atoms with E-state index in [-0.39, 0.29) is 11.9 Å². The zero-order valence-corrected chi connectivity index (χ0v) is 15.8. The maximum absolute atomic E-state index is 13.0. The van der Waals surface area contributed by atoms with E-state index < -0.39 is 0 Å². The molecule has 3 rings (SSSR count). The van der Waals surface area contributed by atoms with Crippen molar-refractivity contribution >= 4 is 5.91 Å². The van der Waals surface area contributed by atoms with Gasteiger partial charge in [0.05, 0.1) is 20.3 Å². The largest absolute Gasteiger partial charge is 0.497 e. The number of benzene rings is 2. The van der Waals surface area contributed by atoms with Gasteiger partial charge in [-0.25, -0.2) is 0 Å². The lowest BCUT2D eigenvalue weighted by molar-refractivity contribution is 0.0938. The first-order chi connectivity index (χ1) is 13.0. The topological polar surface area (TPSA) is 73.6 Å². The molecule has 3 aromatic rings. The number of aromatic nitrogens is 1. The summed E-state index contributed by atoms with van der Waals surface area (Å²) >= 11 is 0. The van der Waals surface area contributed by atoms with Crippen LogP contribution < -0.4 is 14.8 Å². The number of nitrogens with one attached hydrogen (secondary N) is 1. The highest BCUT2D eigenvalue weighted by atomic mass is 16.5. The van der Waals surface area contributed by atoms with Crippen molar-refractivity contribution in [3.8, 4) is 22.8 Å². The monoisotopic (exact) mass is 366 g/mol. The fourth-order valence-corrected chi connectivity index (χ4v) is 2.96. The second-order valence-corrected chi connectivity index (χ2v) is 6.13. The number of amides is 1. The van der Waals surface area contributed by atoms with Crippen LogP contribution in [0.15, 0.2) is 53.1 Å². The first kappa shape index (κ1) is 18.5. The minimum atomic E-state index is -0.305. The highest BCUT2D eigenvalue weighted by molar-refractivity contribution is 6.01. The molecule has 2 aromatic carbocycles. The summed E-state index contributed by atoms with van der Waals surface area (Å²) in [4.78, 5) is 13.0. The SMILES string of the molecule is COc1ccc(OC)c(C(C)NC(=O)c2c(-c3ccccc3)noc2C)c1. The summed E-state index contributed by atoms with van der Waals surface area (Å²) in [5.41, 5.74) is 2.59. The van der Waals surface area contributed by atoms with E-state index in [0.717, 1.165) is 11.1 Å². The first-order valence-electron chi connectivity index (χ1n) is 8.59. The Morgan fingerprint density at radius 1 is 1.11 bits per heavy atom. The summed E-state index contributed by atoms with van der Waals surface area (Å²) in [6, 6.07) is 14.7. The molecular formula is C21H22N2O4. The van der Waals surface area contributed by atoms with Crippen LogP contribution in [0.1, 0.15) is 34.6 Å². The van der Waals surface area contributed by atoms with Crippen molar-refractivity contribution in [3.05, 3.63) is 65.4 Å². The molecule has 0 saturated carbocycles. The second kappa shape index (κ2) is 7.95. The Bertz CT molecular complexity index is 935. The third-order valence-corrected chi connectivity index (χ3v) is 4.39. The normalized spacial score (nSPS) is 11.7. The Morgan fingerprint density at radius 2 is 1.85 bits per heavy atom. The molecule has 1 atom stereocenters. The second-order valence-electron chi connectivity index (χ2n) is 6.13. The van der Waals surface area contributed by atoms with Crippen LogP contribution in [0.2, 0.25) is 0 Å². The molecule has 140 valence electrons. The van der Waals surface area contributed by atoms with E-state index in [1.807, 2.05) is 55.5 Å². The molecular weight excluding hydrogens is 344 g/mol. The summed E-state index contributed by atoms with van der Waals surface area (Å²) in [5.74, 6) is 1.58. The number of hydrogen-bond donors (Lipinski definition) is 1. The number of nitrogens with zero attached hydrogens (tertiary/aromatic N) is 1. The zero-order valence-electron chi connectivity index (χ0n) is 15.8. The van der Waals surface area contributed by atoms with Gasteiger partial charge < -0.3 is 19.3 Å². The van der Waals surface area contributed by atoms with E-state index in [9.17, 15) is 4.79 Å². The number of aryl methyl sites for hydroxylation is 1. The minimum absolute atomic E-state index is 0.259. The lowest BCUT2D eigenvalue weighted by atomic mass is 10.0. The van der Waals surface area contributed by atoms with Gasteiger partial charge in [-0.2, -0.15) is 0 Å². The number of carbonyl (C=O) groups is 1. The van der Waals surface area contributed by atoms with E-state index in [4.69, 9.17) is 14.0 Å². The summed E-state index contributed by atoms with van der Waals surface area (Å²) in [5, 5.41) is 7.07. The molecule has 0 bridgehead atoms. The van der Waals surface area contributed by atoms with Crippen LogP contribution in [0.25, 0.3) is 11.3 Å². The molecule has 0 radical (unpaired) electrons. The Balaban J connectivity index is 1.90. The maximum Gasteiger partial charge on any atom is 0.257 e. The molecule has 0 spiro atoms. The van der Waals surface area contributed by atoms with Crippen molar-refractivity contribution in [3.63, 3.8) is 0 Å². The molecule has 1 amide bonds. The van der Waals surface area contributed by atoms with E-state index in [0.29, 0.717) is 28.5 Å². The number of rotatable bonds is 6. The van der Waals surface area contributed by atoms with Gasteiger partial charge in [0, 0.05) is 11.1 Å². The zero-order chi connectivity index (χ0) is 19.4. The molecule has 27 heavy (non-hydrogen) atoms. The van der Waals surface area contributed by atoms with Gasteiger partial charge >= 0.3 is 0 Å². The maximum atomic E-state index is 13.0. The number of carbonyl (C=O) groups excluding carboxylic acids is 1. The van der Waals surface area contributed by atoms with Crippen LogP contribution in [-0.2, 0) is 0 Å². The van der Waals surface area contributed by atoms with Crippen LogP contribution in [0, 0.1) is 6.92 Å². The lowest BCUT2D eigenvalue weighted by Crippen LogP contribution is -2.27. The molecule has 0 aliphatic carbocycles. The van der Waals surface area contributed by atoms with Crippen molar-refractivity contribution in [1.82, 2.24) is 10.5 Å². The molecule has 6 heteroatoms. The van der Waals surface area contributed by atoms with Crippen LogP contribution in [0.3, 0.4) is 0 Å². The first-order valence-corrected chi connectivity index (χ1v) is 8.59.